The van der Waals surface area contributed by atoms with Crippen LogP contribution in [0.1, 0.15) is 18.5 Å². The van der Waals surface area contributed by atoms with Gasteiger partial charge in [-0.3, -0.25) is 0 Å². The number of sulfonamides is 1. The van der Waals surface area contributed by atoms with E-state index in [0.717, 1.165) is 32.2 Å². The van der Waals surface area contributed by atoms with Crippen molar-refractivity contribution in [3.8, 4) is 0 Å². The molecule has 0 atom stereocenters. The molecule has 17 heavy (non-hydrogen) atoms. The lowest BCUT2D eigenvalue weighted by Gasteiger charge is -2.15. The fourth-order valence-electron chi connectivity index (χ4n) is 1.76. The average molecular weight is 256 g/mol. The first-order valence-corrected chi connectivity index (χ1v) is 7.45. The third kappa shape index (κ3) is 3.64. The first-order chi connectivity index (χ1) is 8.04. The third-order valence-electron chi connectivity index (χ3n) is 2.60. The lowest BCUT2D eigenvalue weighted by molar-refractivity contribution is 0.586. The van der Waals surface area contributed by atoms with Crippen molar-refractivity contribution in [2.75, 3.05) is 24.2 Å². The molecule has 0 saturated carbocycles. The maximum atomic E-state index is 11.0. The van der Waals surface area contributed by atoms with Gasteiger partial charge in [-0.25, -0.2) is 23.1 Å². The Labute approximate surface area is 101 Å². The van der Waals surface area contributed by atoms with Gasteiger partial charge in [-0.1, -0.05) is 0 Å². The molecule has 1 aliphatic rings. The summed E-state index contributed by atoms with van der Waals surface area (Å²) in [6.07, 6.45) is 5.12. The SMILES string of the molecule is CS(=O)(=O)NCc1ccnc(N2CCCC2)n1. The predicted octanol–water partition coefficient (Wildman–Crippen LogP) is 0.126. The molecule has 0 aliphatic carbocycles. The quantitative estimate of drug-likeness (QED) is 0.828. The number of hydrogen-bond acceptors (Lipinski definition) is 5. The van der Waals surface area contributed by atoms with Crippen LogP contribution in [0.4, 0.5) is 5.95 Å². The molecule has 2 rings (SSSR count). The Morgan fingerprint density at radius 2 is 2.12 bits per heavy atom. The van der Waals surface area contributed by atoms with E-state index in [2.05, 4.69) is 19.6 Å². The van der Waals surface area contributed by atoms with Crippen molar-refractivity contribution in [2.24, 2.45) is 0 Å². The maximum absolute atomic E-state index is 11.0. The molecule has 2 heterocycles. The van der Waals surface area contributed by atoms with Crippen molar-refractivity contribution in [2.45, 2.75) is 19.4 Å². The Kier molecular flexibility index (Phi) is 3.58. The minimum absolute atomic E-state index is 0.211. The number of anilines is 1. The van der Waals surface area contributed by atoms with Gasteiger partial charge in [0.05, 0.1) is 18.5 Å². The van der Waals surface area contributed by atoms with Crippen molar-refractivity contribution < 1.29 is 8.42 Å². The second-order valence-electron chi connectivity index (χ2n) is 4.14. The van der Waals surface area contributed by atoms with Crippen LogP contribution in [0.15, 0.2) is 12.3 Å². The topological polar surface area (TPSA) is 75.2 Å². The second kappa shape index (κ2) is 4.97. The van der Waals surface area contributed by atoms with Crippen LogP contribution in [-0.4, -0.2) is 37.7 Å². The molecular formula is C10H16N4O2S. The van der Waals surface area contributed by atoms with Crippen LogP contribution in [0.5, 0.6) is 0 Å². The Hall–Kier alpha value is -1.21. The molecule has 0 aromatic carbocycles. The average Bonchev–Trinajstić information content (AvgIpc) is 2.79. The van der Waals surface area contributed by atoms with E-state index < -0.39 is 10.0 Å². The van der Waals surface area contributed by atoms with E-state index in [4.69, 9.17) is 0 Å². The molecule has 0 spiro atoms. The first-order valence-electron chi connectivity index (χ1n) is 5.56. The first kappa shape index (κ1) is 12.3. The number of nitrogens with one attached hydrogen (secondary N) is 1. The van der Waals surface area contributed by atoms with Gasteiger partial charge in [0.25, 0.3) is 0 Å². The monoisotopic (exact) mass is 256 g/mol. The Morgan fingerprint density at radius 3 is 2.76 bits per heavy atom. The van der Waals surface area contributed by atoms with Gasteiger partial charge in [-0.2, -0.15) is 0 Å². The molecule has 1 fully saturated rings. The standard InChI is InChI=1S/C10H16N4O2S/c1-17(15,16)12-8-9-4-5-11-10(13-9)14-6-2-3-7-14/h4-5,12H,2-3,6-8H2,1H3. The summed E-state index contributed by atoms with van der Waals surface area (Å²) >= 11 is 0. The van der Waals surface area contributed by atoms with Gasteiger partial charge < -0.3 is 4.90 Å². The minimum atomic E-state index is -3.18. The number of nitrogens with zero attached hydrogens (tertiary/aromatic N) is 3. The van der Waals surface area contributed by atoms with Gasteiger partial charge in [0.15, 0.2) is 0 Å². The number of aromatic nitrogens is 2. The Balaban J connectivity index is 2.06. The van der Waals surface area contributed by atoms with Crippen molar-refractivity contribution in [3.63, 3.8) is 0 Å². The van der Waals surface area contributed by atoms with Gasteiger partial charge in [0.1, 0.15) is 0 Å². The highest BCUT2D eigenvalue weighted by molar-refractivity contribution is 7.88. The number of rotatable bonds is 4. The molecule has 6 nitrogen and oxygen atoms in total. The van der Waals surface area contributed by atoms with E-state index >= 15 is 0 Å². The summed E-state index contributed by atoms with van der Waals surface area (Å²) in [5, 5.41) is 0. The van der Waals surface area contributed by atoms with Crippen LogP contribution >= 0.6 is 0 Å². The number of hydrogen-bond donors (Lipinski definition) is 1. The van der Waals surface area contributed by atoms with Crippen LogP contribution in [0.25, 0.3) is 0 Å². The van der Waals surface area contributed by atoms with Crippen LogP contribution in [0.2, 0.25) is 0 Å². The highest BCUT2D eigenvalue weighted by Gasteiger charge is 2.15. The molecule has 0 unspecified atom stereocenters. The second-order valence-corrected chi connectivity index (χ2v) is 5.97. The smallest absolute Gasteiger partial charge is 0.225 e. The van der Waals surface area contributed by atoms with Crippen LogP contribution in [0.3, 0.4) is 0 Å². The summed E-state index contributed by atoms with van der Waals surface area (Å²) < 4.78 is 24.4. The lowest BCUT2D eigenvalue weighted by Crippen LogP contribution is -2.24. The van der Waals surface area contributed by atoms with Gasteiger partial charge >= 0.3 is 0 Å². The van der Waals surface area contributed by atoms with Crippen LogP contribution in [0, 0.1) is 0 Å². The van der Waals surface area contributed by atoms with Gasteiger partial charge in [-0.05, 0) is 18.9 Å². The Morgan fingerprint density at radius 1 is 1.41 bits per heavy atom. The van der Waals surface area contributed by atoms with Crippen molar-refractivity contribution in [1.82, 2.24) is 14.7 Å². The normalized spacial score (nSPS) is 16.4. The van der Waals surface area contributed by atoms with E-state index in [0.29, 0.717) is 11.6 Å². The third-order valence-corrected chi connectivity index (χ3v) is 3.27. The van der Waals surface area contributed by atoms with Crippen molar-refractivity contribution in [1.29, 1.82) is 0 Å². The summed E-state index contributed by atoms with van der Waals surface area (Å²) in [5.74, 6) is 0.690. The molecule has 0 radical (unpaired) electrons. The Bertz CT molecular complexity index is 483. The molecule has 7 heteroatoms. The zero-order valence-corrected chi connectivity index (χ0v) is 10.6. The highest BCUT2D eigenvalue weighted by Crippen LogP contribution is 2.15. The summed E-state index contributed by atoms with van der Waals surface area (Å²) in [7, 11) is -3.18. The van der Waals surface area contributed by atoms with E-state index in [1.807, 2.05) is 0 Å². The summed E-state index contributed by atoms with van der Waals surface area (Å²) in [4.78, 5) is 10.7. The van der Waals surface area contributed by atoms with Crippen LogP contribution in [-0.2, 0) is 16.6 Å². The highest BCUT2D eigenvalue weighted by atomic mass is 32.2. The molecule has 1 N–H and O–H groups in total. The zero-order chi connectivity index (χ0) is 12.3. The summed E-state index contributed by atoms with van der Waals surface area (Å²) in [6, 6.07) is 1.72. The van der Waals surface area contributed by atoms with Gasteiger partial charge in [0.2, 0.25) is 16.0 Å². The minimum Gasteiger partial charge on any atom is -0.341 e. The van der Waals surface area contributed by atoms with E-state index in [-0.39, 0.29) is 6.54 Å². The molecule has 1 aliphatic heterocycles. The summed E-state index contributed by atoms with van der Waals surface area (Å²) in [6.45, 7) is 2.16. The maximum Gasteiger partial charge on any atom is 0.225 e. The van der Waals surface area contributed by atoms with Crippen molar-refractivity contribution in [3.05, 3.63) is 18.0 Å². The van der Waals surface area contributed by atoms with E-state index in [9.17, 15) is 8.42 Å². The van der Waals surface area contributed by atoms with E-state index in [1.165, 1.54) is 0 Å². The van der Waals surface area contributed by atoms with E-state index in [1.54, 1.807) is 12.3 Å². The molecule has 0 amide bonds. The summed E-state index contributed by atoms with van der Waals surface area (Å²) in [5.41, 5.74) is 0.687. The zero-order valence-electron chi connectivity index (χ0n) is 9.76. The fourth-order valence-corrected chi connectivity index (χ4v) is 2.17. The molecule has 0 bridgehead atoms. The fraction of sp³-hybridized carbons (Fsp3) is 0.600. The van der Waals surface area contributed by atoms with Crippen LogP contribution < -0.4 is 9.62 Å². The predicted molar refractivity (Wildman–Crippen MR) is 65.2 cm³/mol. The molecule has 1 aromatic rings. The lowest BCUT2D eigenvalue weighted by atomic mass is 10.4. The van der Waals surface area contributed by atoms with Gasteiger partial charge in [0, 0.05) is 19.3 Å². The molecular weight excluding hydrogens is 240 g/mol. The largest absolute Gasteiger partial charge is 0.341 e. The van der Waals surface area contributed by atoms with Crippen molar-refractivity contribution >= 4 is 16.0 Å². The molecule has 1 saturated heterocycles. The molecule has 94 valence electrons. The molecule has 1 aromatic heterocycles. The van der Waals surface area contributed by atoms with Gasteiger partial charge in [-0.15, -0.1) is 0 Å².